The molecule has 2 aliphatic rings. The molecule has 1 aromatic heterocycles. The number of hydrogen-bond donors (Lipinski definition) is 1. The Morgan fingerprint density at radius 2 is 1.90 bits per heavy atom. The molecule has 1 saturated carbocycles. The first-order chi connectivity index (χ1) is 9.75. The van der Waals surface area contributed by atoms with E-state index in [-0.39, 0.29) is 11.6 Å². The van der Waals surface area contributed by atoms with Gasteiger partial charge in [-0.1, -0.05) is 6.07 Å². The summed E-state index contributed by atoms with van der Waals surface area (Å²) in [5.41, 5.74) is -0.0808. The molecule has 1 N–H and O–H groups in total. The van der Waals surface area contributed by atoms with Crippen LogP contribution in [0.25, 0.3) is 11.4 Å². The number of halogens is 2. The SMILES string of the molecule is Fc1cccc(F)c1-c1nnc2n1CCNC2C1CC1. The van der Waals surface area contributed by atoms with Crippen molar-refractivity contribution in [1.82, 2.24) is 20.1 Å². The minimum atomic E-state index is -0.596. The maximum Gasteiger partial charge on any atom is 0.170 e. The lowest BCUT2D eigenvalue weighted by Gasteiger charge is -2.25. The molecule has 1 aliphatic carbocycles. The van der Waals surface area contributed by atoms with Crippen molar-refractivity contribution in [2.24, 2.45) is 5.92 Å². The summed E-state index contributed by atoms with van der Waals surface area (Å²) in [4.78, 5) is 0. The van der Waals surface area contributed by atoms with Crippen LogP contribution in [0.15, 0.2) is 18.2 Å². The van der Waals surface area contributed by atoms with Gasteiger partial charge in [0.15, 0.2) is 11.6 Å². The molecule has 20 heavy (non-hydrogen) atoms. The zero-order valence-electron chi connectivity index (χ0n) is 10.8. The third-order valence-electron chi connectivity index (χ3n) is 4.04. The van der Waals surface area contributed by atoms with Crippen LogP contribution in [0.1, 0.15) is 24.7 Å². The van der Waals surface area contributed by atoms with Gasteiger partial charge in [0.2, 0.25) is 0 Å². The molecule has 6 heteroatoms. The highest BCUT2D eigenvalue weighted by molar-refractivity contribution is 5.57. The Morgan fingerprint density at radius 1 is 1.15 bits per heavy atom. The van der Waals surface area contributed by atoms with E-state index in [4.69, 9.17) is 0 Å². The molecule has 104 valence electrons. The summed E-state index contributed by atoms with van der Waals surface area (Å²) in [5.74, 6) is 0.485. The number of rotatable bonds is 2. The van der Waals surface area contributed by atoms with Crippen molar-refractivity contribution in [3.8, 4) is 11.4 Å². The van der Waals surface area contributed by atoms with E-state index in [0.717, 1.165) is 12.4 Å². The smallest absolute Gasteiger partial charge is 0.170 e. The van der Waals surface area contributed by atoms with Crippen molar-refractivity contribution in [2.75, 3.05) is 6.54 Å². The fourth-order valence-corrected chi connectivity index (χ4v) is 2.89. The van der Waals surface area contributed by atoms with Crippen LogP contribution in [-0.2, 0) is 6.54 Å². The van der Waals surface area contributed by atoms with Gasteiger partial charge in [-0.25, -0.2) is 8.78 Å². The second-order valence-electron chi connectivity index (χ2n) is 5.40. The molecule has 1 unspecified atom stereocenters. The second-order valence-corrected chi connectivity index (χ2v) is 5.40. The lowest BCUT2D eigenvalue weighted by Crippen LogP contribution is -2.35. The molecular weight excluding hydrogens is 262 g/mol. The summed E-state index contributed by atoms with van der Waals surface area (Å²) >= 11 is 0. The van der Waals surface area contributed by atoms with Crippen LogP contribution in [0.5, 0.6) is 0 Å². The van der Waals surface area contributed by atoms with Crippen LogP contribution in [0.3, 0.4) is 0 Å². The van der Waals surface area contributed by atoms with E-state index >= 15 is 0 Å². The summed E-state index contributed by atoms with van der Waals surface area (Å²) in [7, 11) is 0. The molecule has 0 spiro atoms. The predicted octanol–water partition coefficient (Wildman–Crippen LogP) is 2.28. The molecular formula is C14H14F2N4. The Kier molecular flexibility index (Phi) is 2.60. The zero-order valence-corrected chi connectivity index (χ0v) is 10.8. The molecule has 0 radical (unpaired) electrons. The predicted molar refractivity (Wildman–Crippen MR) is 68.8 cm³/mol. The molecule has 1 atom stereocenters. The lowest BCUT2D eigenvalue weighted by molar-refractivity contribution is 0.382. The van der Waals surface area contributed by atoms with Gasteiger partial charge in [0.1, 0.15) is 11.6 Å². The van der Waals surface area contributed by atoms with E-state index in [2.05, 4.69) is 15.5 Å². The number of fused-ring (bicyclic) bond motifs is 1. The van der Waals surface area contributed by atoms with Gasteiger partial charge in [-0.2, -0.15) is 0 Å². The van der Waals surface area contributed by atoms with Crippen molar-refractivity contribution in [1.29, 1.82) is 0 Å². The molecule has 0 amide bonds. The highest BCUT2D eigenvalue weighted by Crippen LogP contribution is 2.42. The molecule has 2 aromatic rings. The first kappa shape index (κ1) is 12.0. The normalized spacial score (nSPS) is 21.8. The highest BCUT2D eigenvalue weighted by atomic mass is 19.1. The minimum absolute atomic E-state index is 0.0808. The topological polar surface area (TPSA) is 42.7 Å². The molecule has 2 heterocycles. The molecule has 0 saturated heterocycles. The lowest BCUT2D eigenvalue weighted by atomic mass is 10.1. The monoisotopic (exact) mass is 276 g/mol. The van der Waals surface area contributed by atoms with E-state index in [1.807, 2.05) is 4.57 Å². The Hall–Kier alpha value is -1.82. The zero-order chi connectivity index (χ0) is 13.7. The van der Waals surface area contributed by atoms with Crippen molar-refractivity contribution in [3.63, 3.8) is 0 Å². The van der Waals surface area contributed by atoms with Gasteiger partial charge in [-0.05, 0) is 30.9 Å². The van der Waals surface area contributed by atoms with E-state index < -0.39 is 11.6 Å². The molecule has 0 bridgehead atoms. The summed E-state index contributed by atoms with van der Waals surface area (Å²) in [6.07, 6.45) is 2.35. The number of aromatic nitrogens is 3. The van der Waals surface area contributed by atoms with Crippen LogP contribution < -0.4 is 5.32 Å². The number of nitrogens with one attached hydrogen (secondary N) is 1. The molecule has 1 aliphatic heterocycles. The van der Waals surface area contributed by atoms with Gasteiger partial charge in [0.05, 0.1) is 11.6 Å². The largest absolute Gasteiger partial charge is 0.308 e. The van der Waals surface area contributed by atoms with Gasteiger partial charge in [0, 0.05) is 13.1 Å². The summed E-state index contributed by atoms with van der Waals surface area (Å²) < 4.78 is 29.7. The van der Waals surface area contributed by atoms with Crippen LogP contribution >= 0.6 is 0 Å². The first-order valence-electron chi connectivity index (χ1n) is 6.86. The van der Waals surface area contributed by atoms with E-state index in [1.54, 1.807) is 0 Å². The van der Waals surface area contributed by atoms with Crippen molar-refractivity contribution >= 4 is 0 Å². The van der Waals surface area contributed by atoms with E-state index in [1.165, 1.54) is 31.0 Å². The summed E-state index contributed by atoms with van der Waals surface area (Å²) in [5, 5.41) is 11.6. The third kappa shape index (κ3) is 1.75. The fraction of sp³-hybridized carbons (Fsp3) is 0.429. The second kappa shape index (κ2) is 4.34. The van der Waals surface area contributed by atoms with Gasteiger partial charge in [-0.3, -0.25) is 0 Å². The minimum Gasteiger partial charge on any atom is -0.308 e. The summed E-state index contributed by atoms with van der Waals surface area (Å²) in [6, 6.07) is 4.02. The summed E-state index contributed by atoms with van der Waals surface area (Å²) in [6.45, 7) is 1.41. The average molecular weight is 276 g/mol. The third-order valence-corrected chi connectivity index (χ3v) is 4.04. The van der Waals surface area contributed by atoms with E-state index in [9.17, 15) is 8.78 Å². The quantitative estimate of drug-likeness (QED) is 0.915. The van der Waals surface area contributed by atoms with Gasteiger partial charge in [0.25, 0.3) is 0 Å². The Balaban J connectivity index is 1.84. The van der Waals surface area contributed by atoms with Gasteiger partial charge >= 0.3 is 0 Å². The fourth-order valence-electron chi connectivity index (χ4n) is 2.89. The van der Waals surface area contributed by atoms with Crippen LogP contribution in [0.2, 0.25) is 0 Å². The van der Waals surface area contributed by atoms with E-state index in [0.29, 0.717) is 18.3 Å². The van der Waals surface area contributed by atoms with Crippen LogP contribution in [0, 0.1) is 17.6 Å². The van der Waals surface area contributed by atoms with Crippen molar-refractivity contribution < 1.29 is 8.78 Å². The average Bonchev–Trinajstić information content (AvgIpc) is 3.20. The van der Waals surface area contributed by atoms with Gasteiger partial charge in [-0.15, -0.1) is 10.2 Å². The maximum atomic E-state index is 13.9. The Morgan fingerprint density at radius 3 is 2.60 bits per heavy atom. The number of hydrogen-bond acceptors (Lipinski definition) is 3. The van der Waals surface area contributed by atoms with Gasteiger partial charge < -0.3 is 9.88 Å². The van der Waals surface area contributed by atoms with Crippen molar-refractivity contribution in [3.05, 3.63) is 35.7 Å². The molecule has 1 aromatic carbocycles. The molecule has 4 rings (SSSR count). The van der Waals surface area contributed by atoms with Crippen LogP contribution in [0.4, 0.5) is 8.78 Å². The molecule has 1 fully saturated rings. The first-order valence-corrected chi connectivity index (χ1v) is 6.86. The number of nitrogens with zero attached hydrogens (tertiary/aromatic N) is 3. The Labute approximate surface area is 114 Å². The van der Waals surface area contributed by atoms with Crippen LogP contribution in [-0.4, -0.2) is 21.3 Å². The highest BCUT2D eigenvalue weighted by Gasteiger charge is 2.38. The van der Waals surface area contributed by atoms with Crippen molar-refractivity contribution in [2.45, 2.75) is 25.4 Å². The maximum absolute atomic E-state index is 13.9. The Bertz CT molecular complexity index is 643. The standard InChI is InChI=1S/C14H14F2N4/c15-9-2-1-3-10(16)11(9)13-18-19-14-12(8-4-5-8)17-6-7-20(13)14/h1-3,8,12,17H,4-7H2. The number of benzene rings is 1. The molecule has 4 nitrogen and oxygen atoms in total.